The molecule has 0 fully saturated rings. The Morgan fingerprint density at radius 1 is 1.45 bits per heavy atom. The van der Waals surface area contributed by atoms with Crippen molar-refractivity contribution in [1.29, 1.82) is 0 Å². The molecule has 0 saturated carbocycles. The Labute approximate surface area is 88.9 Å². The second kappa shape index (κ2) is 5.94. The summed E-state index contributed by atoms with van der Waals surface area (Å²) in [6.07, 6.45) is 10.9. The zero-order valence-electron chi connectivity index (χ0n) is 7.43. The van der Waals surface area contributed by atoms with Crippen LogP contribution >= 0.6 is 0 Å². The van der Waals surface area contributed by atoms with Gasteiger partial charge in [-0.25, -0.2) is 0 Å². The standard InChI is InChI=1S/C10H16.Zr/c1-3-4-5-10-7-6-9(2)8-10;/h6-8,10H,3-5H2,1-2H3;. The summed E-state index contributed by atoms with van der Waals surface area (Å²) in [5.41, 5.74) is 1.43. The quantitative estimate of drug-likeness (QED) is 0.694. The van der Waals surface area contributed by atoms with Gasteiger partial charge in [0.25, 0.3) is 0 Å². The third-order valence-electron chi connectivity index (χ3n) is 1.97. The number of rotatable bonds is 3. The summed E-state index contributed by atoms with van der Waals surface area (Å²) < 4.78 is 0. The predicted molar refractivity (Wildman–Crippen MR) is 45.9 cm³/mol. The Bertz CT molecular complexity index is 156. The van der Waals surface area contributed by atoms with Gasteiger partial charge in [0.1, 0.15) is 0 Å². The van der Waals surface area contributed by atoms with Crippen molar-refractivity contribution >= 4 is 0 Å². The number of allylic oxidation sites excluding steroid dienone is 4. The SMILES string of the molecule is CCCCC1C=CC(C)=C1.[Zr]. The van der Waals surface area contributed by atoms with Crippen LogP contribution in [0.25, 0.3) is 0 Å². The Kier molecular flexibility index (Phi) is 6.14. The van der Waals surface area contributed by atoms with Gasteiger partial charge in [-0.3, -0.25) is 0 Å². The predicted octanol–water partition coefficient (Wildman–Crippen LogP) is 3.31. The first-order chi connectivity index (χ1) is 4.83. The van der Waals surface area contributed by atoms with Crippen LogP contribution in [0.4, 0.5) is 0 Å². The molecule has 60 valence electrons. The van der Waals surface area contributed by atoms with E-state index in [1.807, 2.05) is 0 Å². The Balaban J connectivity index is 0.000001000. The first-order valence-corrected chi connectivity index (χ1v) is 4.19. The fourth-order valence-corrected chi connectivity index (χ4v) is 1.34. The molecule has 0 amide bonds. The van der Waals surface area contributed by atoms with E-state index in [0.29, 0.717) is 0 Å². The first kappa shape index (κ1) is 11.4. The van der Waals surface area contributed by atoms with Crippen molar-refractivity contribution in [3.8, 4) is 0 Å². The van der Waals surface area contributed by atoms with E-state index in [9.17, 15) is 0 Å². The normalized spacial score (nSPS) is 21.3. The van der Waals surface area contributed by atoms with Crippen LogP contribution < -0.4 is 0 Å². The molecule has 1 heteroatoms. The molecule has 0 aromatic heterocycles. The van der Waals surface area contributed by atoms with Crippen LogP contribution in [0.1, 0.15) is 33.1 Å². The van der Waals surface area contributed by atoms with Crippen molar-refractivity contribution in [3.63, 3.8) is 0 Å². The smallest absolute Gasteiger partial charge is 0 e. The summed E-state index contributed by atoms with van der Waals surface area (Å²) in [4.78, 5) is 0. The van der Waals surface area contributed by atoms with E-state index in [2.05, 4.69) is 32.1 Å². The van der Waals surface area contributed by atoms with Crippen LogP contribution in [0.5, 0.6) is 0 Å². The van der Waals surface area contributed by atoms with Crippen molar-refractivity contribution in [2.75, 3.05) is 0 Å². The summed E-state index contributed by atoms with van der Waals surface area (Å²) in [7, 11) is 0. The average Bonchev–Trinajstić information content (AvgIpc) is 2.31. The molecule has 1 atom stereocenters. The second-order valence-electron chi connectivity index (χ2n) is 3.08. The maximum Gasteiger partial charge on any atom is 0 e. The molecule has 0 bridgehead atoms. The third kappa shape index (κ3) is 4.06. The average molecular weight is 227 g/mol. The molecule has 1 aliphatic carbocycles. The summed E-state index contributed by atoms with van der Waals surface area (Å²) in [6.45, 7) is 4.41. The molecule has 0 saturated heterocycles. The maximum absolute atomic E-state index is 2.36. The second-order valence-corrected chi connectivity index (χ2v) is 3.08. The maximum atomic E-state index is 2.36. The largest absolute Gasteiger partial charge is 0.0774 e. The summed E-state index contributed by atoms with van der Waals surface area (Å²) in [5, 5.41) is 0. The van der Waals surface area contributed by atoms with Crippen LogP contribution in [-0.4, -0.2) is 0 Å². The van der Waals surface area contributed by atoms with E-state index in [-0.39, 0.29) is 26.2 Å². The van der Waals surface area contributed by atoms with Gasteiger partial charge in [0.2, 0.25) is 0 Å². The molecule has 1 rings (SSSR count). The van der Waals surface area contributed by atoms with Crippen LogP contribution in [0.2, 0.25) is 0 Å². The molecule has 0 radical (unpaired) electrons. The Morgan fingerprint density at radius 2 is 2.18 bits per heavy atom. The molecule has 1 aliphatic rings. The van der Waals surface area contributed by atoms with Gasteiger partial charge < -0.3 is 0 Å². The van der Waals surface area contributed by atoms with Crippen LogP contribution in [0.3, 0.4) is 0 Å². The molecule has 0 N–H and O–H groups in total. The molecule has 0 aromatic carbocycles. The molecule has 0 aliphatic heterocycles. The van der Waals surface area contributed by atoms with E-state index < -0.39 is 0 Å². The van der Waals surface area contributed by atoms with E-state index in [1.165, 1.54) is 24.8 Å². The fraction of sp³-hybridized carbons (Fsp3) is 0.600. The molecular weight excluding hydrogens is 211 g/mol. The molecule has 0 nitrogen and oxygen atoms in total. The molecule has 1 unspecified atom stereocenters. The number of hydrogen-bond donors (Lipinski definition) is 0. The summed E-state index contributed by atoms with van der Waals surface area (Å²) >= 11 is 0. The Hall–Kier alpha value is 0.363. The summed E-state index contributed by atoms with van der Waals surface area (Å²) in [6, 6.07) is 0. The van der Waals surface area contributed by atoms with E-state index in [1.54, 1.807) is 0 Å². The van der Waals surface area contributed by atoms with E-state index >= 15 is 0 Å². The monoisotopic (exact) mass is 226 g/mol. The van der Waals surface area contributed by atoms with Crippen molar-refractivity contribution in [1.82, 2.24) is 0 Å². The molecule has 0 heterocycles. The number of unbranched alkanes of at least 4 members (excludes halogenated alkanes) is 1. The van der Waals surface area contributed by atoms with Gasteiger partial charge in [0, 0.05) is 26.2 Å². The van der Waals surface area contributed by atoms with Gasteiger partial charge in [-0.15, -0.1) is 0 Å². The van der Waals surface area contributed by atoms with Crippen molar-refractivity contribution < 1.29 is 26.2 Å². The van der Waals surface area contributed by atoms with Crippen LogP contribution in [-0.2, 0) is 26.2 Å². The van der Waals surface area contributed by atoms with Gasteiger partial charge in [-0.2, -0.15) is 0 Å². The van der Waals surface area contributed by atoms with E-state index in [4.69, 9.17) is 0 Å². The topological polar surface area (TPSA) is 0 Å². The third-order valence-corrected chi connectivity index (χ3v) is 1.97. The van der Waals surface area contributed by atoms with Crippen molar-refractivity contribution in [2.24, 2.45) is 5.92 Å². The molecular formula is C10H16Zr. The minimum Gasteiger partial charge on any atom is -0.0774 e. The van der Waals surface area contributed by atoms with E-state index in [0.717, 1.165) is 5.92 Å². The number of hydrogen-bond acceptors (Lipinski definition) is 0. The van der Waals surface area contributed by atoms with Gasteiger partial charge in [0.15, 0.2) is 0 Å². The minimum absolute atomic E-state index is 0. The van der Waals surface area contributed by atoms with Gasteiger partial charge >= 0.3 is 0 Å². The molecule has 0 aromatic rings. The zero-order chi connectivity index (χ0) is 7.40. The van der Waals surface area contributed by atoms with Gasteiger partial charge in [-0.05, 0) is 19.3 Å². The van der Waals surface area contributed by atoms with Crippen LogP contribution in [0, 0.1) is 5.92 Å². The van der Waals surface area contributed by atoms with Crippen LogP contribution in [0.15, 0.2) is 23.8 Å². The van der Waals surface area contributed by atoms with Crippen molar-refractivity contribution in [2.45, 2.75) is 33.1 Å². The minimum atomic E-state index is 0. The van der Waals surface area contributed by atoms with Gasteiger partial charge in [0.05, 0.1) is 0 Å². The van der Waals surface area contributed by atoms with Crippen molar-refractivity contribution in [3.05, 3.63) is 23.8 Å². The zero-order valence-corrected chi connectivity index (χ0v) is 9.89. The summed E-state index contributed by atoms with van der Waals surface area (Å²) in [5.74, 6) is 0.750. The Morgan fingerprint density at radius 3 is 2.64 bits per heavy atom. The fourth-order valence-electron chi connectivity index (χ4n) is 1.34. The molecule has 0 spiro atoms. The molecule has 11 heavy (non-hydrogen) atoms. The van der Waals surface area contributed by atoms with Gasteiger partial charge in [-0.1, -0.05) is 43.6 Å². The first-order valence-electron chi connectivity index (χ1n) is 4.19.